The molecule has 0 aromatic carbocycles. The van der Waals surface area contributed by atoms with Gasteiger partial charge >= 0.3 is 0 Å². The highest BCUT2D eigenvalue weighted by atomic mass is 16.1. The zero-order valence-electron chi connectivity index (χ0n) is 5.22. The first-order chi connectivity index (χ1) is 4.04. The topological polar surface area (TPSA) is 66.9 Å². The Morgan fingerprint density at radius 2 is 2.44 bits per heavy atom. The van der Waals surface area contributed by atoms with Crippen molar-refractivity contribution in [2.45, 2.75) is 12.5 Å². The normalized spacial score (nSPS) is 15.2. The molecule has 0 saturated heterocycles. The average Bonchev–Trinajstić information content (AvgIpc) is 1.86. The molecule has 1 atom stereocenters. The predicted octanol–water partition coefficient (Wildman–Crippen LogP) is -0.0175. The maximum Gasteiger partial charge on any atom is 0.189 e. The molecule has 48 valence electrons. The maximum atomic E-state index is 10.6. The molecule has 3 nitrogen and oxygen atoms in total. The van der Waals surface area contributed by atoms with Crippen LogP contribution in [-0.2, 0) is 4.79 Å². The summed E-state index contributed by atoms with van der Waals surface area (Å²) in [6, 6.07) is 1.65. The second kappa shape index (κ2) is 2.42. The first kappa shape index (κ1) is 7.86. The van der Waals surface area contributed by atoms with Crippen molar-refractivity contribution in [1.82, 2.24) is 0 Å². The van der Waals surface area contributed by atoms with Gasteiger partial charge in [-0.15, -0.1) is 0 Å². The molecule has 0 aliphatic heterocycles. The minimum atomic E-state index is -1.40. The number of hydrogen-bond donors (Lipinski definition) is 1. The van der Waals surface area contributed by atoms with Gasteiger partial charge in [-0.25, -0.2) is 0 Å². The van der Waals surface area contributed by atoms with E-state index in [9.17, 15) is 4.79 Å². The summed E-state index contributed by atoms with van der Waals surface area (Å²) in [6.45, 7) is 4.54. The van der Waals surface area contributed by atoms with E-state index in [1.165, 1.54) is 6.92 Å². The van der Waals surface area contributed by atoms with Gasteiger partial charge in [-0.05, 0) is 13.0 Å². The minimum absolute atomic E-state index is 0.454. The quantitative estimate of drug-likeness (QED) is 0.526. The number of rotatable bonds is 2. The number of carbonyl (C=O) groups is 1. The summed E-state index contributed by atoms with van der Waals surface area (Å²) in [5.41, 5.74) is 3.79. The van der Waals surface area contributed by atoms with E-state index in [4.69, 9.17) is 11.0 Å². The zero-order chi connectivity index (χ0) is 7.49. The van der Waals surface area contributed by atoms with Crippen molar-refractivity contribution in [1.29, 1.82) is 5.26 Å². The molecule has 3 heteroatoms. The van der Waals surface area contributed by atoms with Gasteiger partial charge in [0.05, 0.1) is 6.07 Å². The summed E-state index contributed by atoms with van der Waals surface area (Å²) in [5.74, 6) is -0.454. The lowest BCUT2D eigenvalue weighted by molar-refractivity contribution is -0.117. The Balaban J connectivity index is 4.37. The molecular weight excluding hydrogens is 116 g/mol. The average molecular weight is 124 g/mol. The molecule has 0 aromatic heterocycles. The van der Waals surface area contributed by atoms with Crippen LogP contribution in [-0.4, -0.2) is 11.3 Å². The Morgan fingerprint density at radius 1 is 2.00 bits per heavy atom. The Kier molecular flexibility index (Phi) is 2.12. The van der Waals surface area contributed by atoms with Gasteiger partial charge in [0, 0.05) is 0 Å². The van der Waals surface area contributed by atoms with Gasteiger partial charge < -0.3 is 5.73 Å². The van der Waals surface area contributed by atoms with Crippen molar-refractivity contribution in [3.63, 3.8) is 0 Å². The van der Waals surface area contributed by atoms with Crippen molar-refractivity contribution in [3.05, 3.63) is 12.7 Å². The molecule has 0 rings (SSSR count). The van der Waals surface area contributed by atoms with E-state index in [1.54, 1.807) is 6.07 Å². The van der Waals surface area contributed by atoms with Crippen molar-refractivity contribution in [3.8, 4) is 6.07 Å². The standard InChI is InChI=1S/C6H8N2O/c1-3-5(9)6(2,8)4-7/h3H,1,8H2,2H3. The van der Waals surface area contributed by atoms with E-state index in [1.807, 2.05) is 0 Å². The minimum Gasteiger partial charge on any atom is -0.307 e. The van der Waals surface area contributed by atoms with Crippen molar-refractivity contribution < 1.29 is 4.79 Å². The first-order valence-electron chi connectivity index (χ1n) is 2.41. The van der Waals surface area contributed by atoms with Gasteiger partial charge in [-0.1, -0.05) is 6.58 Å². The third kappa shape index (κ3) is 1.67. The van der Waals surface area contributed by atoms with Gasteiger partial charge in [0.2, 0.25) is 0 Å². The molecule has 0 spiro atoms. The fourth-order valence-electron chi connectivity index (χ4n) is 0.267. The van der Waals surface area contributed by atoms with Crippen molar-refractivity contribution >= 4 is 5.78 Å². The molecule has 0 bridgehead atoms. The van der Waals surface area contributed by atoms with Gasteiger partial charge in [0.1, 0.15) is 0 Å². The monoisotopic (exact) mass is 124 g/mol. The number of ketones is 1. The lowest BCUT2D eigenvalue weighted by Gasteiger charge is -2.08. The molecular formula is C6H8N2O. The van der Waals surface area contributed by atoms with Crippen LogP contribution in [0.15, 0.2) is 12.7 Å². The van der Waals surface area contributed by atoms with E-state index < -0.39 is 11.3 Å². The van der Waals surface area contributed by atoms with E-state index in [0.29, 0.717) is 0 Å². The second-order valence-corrected chi connectivity index (χ2v) is 1.88. The summed E-state index contributed by atoms with van der Waals surface area (Å²) >= 11 is 0. The summed E-state index contributed by atoms with van der Waals surface area (Å²) < 4.78 is 0. The lowest BCUT2D eigenvalue weighted by Crippen LogP contribution is -2.42. The van der Waals surface area contributed by atoms with Gasteiger partial charge in [0.25, 0.3) is 0 Å². The van der Waals surface area contributed by atoms with E-state index >= 15 is 0 Å². The number of nitriles is 1. The molecule has 0 aliphatic rings. The largest absolute Gasteiger partial charge is 0.307 e. The summed E-state index contributed by atoms with van der Waals surface area (Å²) in [6.07, 6.45) is 1.04. The summed E-state index contributed by atoms with van der Waals surface area (Å²) in [4.78, 5) is 10.6. The van der Waals surface area contributed by atoms with Crippen LogP contribution in [0.3, 0.4) is 0 Å². The van der Waals surface area contributed by atoms with Crippen LogP contribution in [0.4, 0.5) is 0 Å². The van der Waals surface area contributed by atoms with Gasteiger partial charge in [-0.3, -0.25) is 4.79 Å². The SMILES string of the molecule is C=CC(=O)C(C)(N)C#N. The van der Waals surface area contributed by atoms with Crippen LogP contribution in [0.1, 0.15) is 6.92 Å². The third-order valence-electron chi connectivity index (χ3n) is 0.930. The molecule has 0 aromatic rings. The molecule has 0 saturated carbocycles. The van der Waals surface area contributed by atoms with Crippen molar-refractivity contribution in [2.24, 2.45) is 5.73 Å². The number of carbonyl (C=O) groups excluding carboxylic acids is 1. The third-order valence-corrected chi connectivity index (χ3v) is 0.930. The summed E-state index contributed by atoms with van der Waals surface area (Å²) in [7, 11) is 0. The Morgan fingerprint density at radius 3 is 2.56 bits per heavy atom. The van der Waals surface area contributed by atoms with Gasteiger partial charge in [-0.2, -0.15) is 5.26 Å². The fourth-order valence-corrected chi connectivity index (χ4v) is 0.267. The molecule has 0 fully saturated rings. The molecule has 0 amide bonds. The van der Waals surface area contributed by atoms with Crippen LogP contribution >= 0.6 is 0 Å². The molecule has 0 aliphatic carbocycles. The lowest BCUT2D eigenvalue weighted by atomic mass is 10.0. The predicted molar refractivity (Wildman–Crippen MR) is 33.4 cm³/mol. The van der Waals surface area contributed by atoms with Gasteiger partial charge in [0.15, 0.2) is 11.3 Å². The highest BCUT2D eigenvalue weighted by molar-refractivity contribution is 5.99. The number of nitrogens with two attached hydrogens (primary N) is 1. The molecule has 1 unspecified atom stereocenters. The molecule has 0 radical (unpaired) electrons. The van der Waals surface area contributed by atoms with Crippen LogP contribution < -0.4 is 5.73 Å². The van der Waals surface area contributed by atoms with Crippen LogP contribution in [0, 0.1) is 11.3 Å². The molecule has 2 N–H and O–H groups in total. The van der Waals surface area contributed by atoms with E-state index in [2.05, 4.69) is 6.58 Å². The van der Waals surface area contributed by atoms with Crippen LogP contribution in [0.25, 0.3) is 0 Å². The van der Waals surface area contributed by atoms with E-state index in [0.717, 1.165) is 6.08 Å². The first-order valence-corrected chi connectivity index (χ1v) is 2.41. The molecule has 9 heavy (non-hydrogen) atoms. The maximum absolute atomic E-state index is 10.6. The second-order valence-electron chi connectivity index (χ2n) is 1.88. The Labute approximate surface area is 53.8 Å². The zero-order valence-corrected chi connectivity index (χ0v) is 5.22. The Bertz CT molecular complexity index is 176. The smallest absolute Gasteiger partial charge is 0.189 e. The molecule has 0 heterocycles. The number of hydrogen-bond acceptors (Lipinski definition) is 3. The fraction of sp³-hybridized carbons (Fsp3) is 0.333. The highest BCUT2D eigenvalue weighted by Crippen LogP contribution is 1.97. The highest BCUT2D eigenvalue weighted by Gasteiger charge is 2.24. The Hall–Kier alpha value is -1.14. The van der Waals surface area contributed by atoms with E-state index in [-0.39, 0.29) is 0 Å². The van der Waals surface area contributed by atoms with Crippen LogP contribution in [0.2, 0.25) is 0 Å². The summed E-state index contributed by atoms with van der Waals surface area (Å²) in [5, 5.41) is 8.25. The van der Waals surface area contributed by atoms with Crippen molar-refractivity contribution in [2.75, 3.05) is 0 Å². The van der Waals surface area contributed by atoms with Crippen LogP contribution in [0.5, 0.6) is 0 Å². The number of nitrogens with zero attached hydrogens (tertiary/aromatic N) is 1.